The molecule has 0 aliphatic rings. The number of aromatic nitrogens is 2. The van der Waals surface area contributed by atoms with Gasteiger partial charge in [-0.3, -0.25) is 4.79 Å². The third-order valence-corrected chi connectivity index (χ3v) is 1.32. The van der Waals surface area contributed by atoms with Crippen LogP contribution in [0.4, 0.5) is 13.2 Å². The Kier molecular flexibility index (Phi) is 3.00. The molecule has 0 radical (unpaired) electrons. The number of halogens is 3. The van der Waals surface area contributed by atoms with Crippen LogP contribution >= 0.6 is 0 Å². The highest BCUT2D eigenvalue weighted by atomic mass is 19.4. The molecule has 1 amide bonds. The Labute approximate surface area is 77.1 Å². The highest BCUT2D eigenvalue weighted by Crippen LogP contribution is 2.14. The summed E-state index contributed by atoms with van der Waals surface area (Å²) in [4.78, 5) is 10.4. The van der Waals surface area contributed by atoms with Gasteiger partial charge < -0.3 is 5.32 Å². The van der Waals surface area contributed by atoms with Crippen molar-refractivity contribution in [3.63, 3.8) is 0 Å². The largest absolute Gasteiger partial charge is 0.471 e. The SMILES string of the molecule is O=C(NCc1cccnn1)C(F)(F)F. The van der Waals surface area contributed by atoms with Crippen molar-refractivity contribution >= 4 is 5.91 Å². The lowest BCUT2D eigenvalue weighted by molar-refractivity contribution is -0.173. The van der Waals surface area contributed by atoms with E-state index in [1.54, 1.807) is 5.32 Å². The highest BCUT2D eigenvalue weighted by Gasteiger charge is 2.38. The van der Waals surface area contributed by atoms with Crippen molar-refractivity contribution in [1.82, 2.24) is 15.5 Å². The fourth-order valence-corrected chi connectivity index (χ4v) is 0.699. The third kappa shape index (κ3) is 3.00. The van der Waals surface area contributed by atoms with Crippen LogP contribution < -0.4 is 5.32 Å². The van der Waals surface area contributed by atoms with Gasteiger partial charge in [-0.1, -0.05) is 0 Å². The topological polar surface area (TPSA) is 54.9 Å². The second-order valence-electron chi connectivity index (χ2n) is 2.40. The Morgan fingerprint density at radius 1 is 1.50 bits per heavy atom. The van der Waals surface area contributed by atoms with Crippen molar-refractivity contribution in [3.8, 4) is 0 Å². The number of alkyl halides is 3. The van der Waals surface area contributed by atoms with Crippen molar-refractivity contribution in [2.75, 3.05) is 0 Å². The summed E-state index contributed by atoms with van der Waals surface area (Å²) in [5.74, 6) is -1.98. The van der Waals surface area contributed by atoms with E-state index in [4.69, 9.17) is 0 Å². The molecule has 1 aromatic heterocycles. The molecule has 0 atom stereocenters. The average molecular weight is 205 g/mol. The van der Waals surface area contributed by atoms with Gasteiger partial charge in [-0.05, 0) is 12.1 Å². The molecular formula is C7H6F3N3O. The van der Waals surface area contributed by atoms with E-state index < -0.39 is 12.1 Å². The molecule has 0 aliphatic carbocycles. The third-order valence-electron chi connectivity index (χ3n) is 1.32. The minimum absolute atomic E-state index is 0.269. The Bertz CT molecular complexity index is 312. The van der Waals surface area contributed by atoms with Crippen LogP contribution in [-0.4, -0.2) is 22.3 Å². The fourth-order valence-electron chi connectivity index (χ4n) is 0.699. The standard InChI is InChI=1S/C7H6F3N3O/c8-7(9,10)6(14)11-4-5-2-1-3-12-13-5/h1-3H,4H2,(H,11,14). The first-order chi connectivity index (χ1) is 6.50. The molecule has 0 spiro atoms. The first-order valence-electron chi connectivity index (χ1n) is 3.62. The van der Waals surface area contributed by atoms with E-state index in [-0.39, 0.29) is 12.2 Å². The number of amides is 1. The molecule has 1 aromatic rings. The first-order valence-corrected chi connectivity index (χ1v) is 3.62. The van der Waals surface area contributed by atoms with Gasteiger partial charge in [0.2, 0.25) is 0 Å². The molecule has 0 bridgehead atoms. The summed E-state index contributed by atoms with van der Waals surface area (Å²) >= 11 is 0. The van der Waals surface area contributed by atoms with Crippen molar-refractivity contribution in [2.24, 2.45) is 0 Å². The Morgan fingerprint density at radius 2 is 2.21 bits per heavy atom. The highest BCUT2D eigenvalue weighted by molar-refractivity contribution is 5.81. The van der Waals surface area contributed by atoms with Gasteiger partial charge in [-0.25, -0.2) is 0 Å². The molecule has 0 unspecified atom stereocenters. The molecule has 7 heteroatoms. The zero-order valence-electron chi connectivity index (χ0n) is 6.88. The molecule has 0 aromatic carbocycles. The maximum atomic E-state index is 11.7. The molecular weight excluding hydrogens is 199 g/mol. The molecule has 0 saturated heterocycles. The van der Waals surface area contributed by atoms with Crippen molar-refractivity contribution in [1.29, 1.82) is 0 Å². The molecule has 1 N–H and O–H groups in total. The smallest absolute Gasteiger partial charge is 0.343 e. The predicted molar refractivity (Wildman–Crippen MR) is 39.9 cm³/mol. The van der Waals surface area contributed by atoms with Crippen molar-refractivity contribution in [2.45, 2.75) is 12.7 Å². The van der Waals surface area contributed by atoms with E-state index in [1.165, 1.54) is 18.3 Å². The van der Waals surface area contributed by atoms with Gasteiger partial charge in [0.1, 0.15) is 0 Å². The van der Waals surface area contributed by atoms with E-state index in [0.717, 1.165) is 0 Å². The van der Waals surface area contributed by atoms with E-state index in [1.807, 2.05) is 0 Å². The summed E-state index contributed by atoms with van der Waals surface area (Å²) in [6.07, 6.45) is -3.47. The molecule has 0 saturated carbocycles. The van der Waals surface area contributed by atoms with E-state index >= 15 is 0 Å². The van der Waals surface area contributed by atoms with Crippen LogP contribution in [0.25, 0.3) is 0 Å². The van der Waals surface area contributed by atoms with Gasteiger partial charge in [-0.2, -0.15) is 23.4 Å². The first kappa shape index (κ1) is 10.4. The summed E-state index contributed by atoms with van der Waals surface area (Å²) < 4.78 is 35.1. The van der Waals surface area contributed by atoms with Gasteiger partial charge in [0, 0.05) is 6.20 Å². The van der Waals surface area contributed by atoms with Gasteiger partial charge in [0.15, 0.2) is 0 Å². The summed E-state index contributed by atoms with van der Waals surface area (Å²) in [6, 6.07) is 2.98. The van der Waals surface area contributed by atoms with Crippen LogP contribution in [0.5, 0.6) is 0 Å². The molecule has 14 heavy (non-hydrogen) atoms. The number of carbonyl (C=O) groups is 1. The van der Waals surface area contributed by atoms with Crippen LogP contribution in [-0.2, 0) is 11.3 Å². The van der Waals surface area contributed by atoms with Gasteiger partial charge >= 0.3 is 12.1 Å². The summed E-state index contributed by atoms with van der Waals surface area (Å²) in [7, 11) is 0. The Hall–Kier alpha value is -1.66. The summed E-state index contributed by atoms with van der Waals surface area (Å²) in [6.45, 7) is -0.286. The van der Waals surface area contributed by atoms with Crippen LogP contribution in [0.3, 0.4) is 0 Å². The van der Waals surface area contributed by atoms with Gasteiger partial charge in [-0.15, -0.1) is 0 Å². The number of nitrogens with zero attached hydrogens (tertiary/aromatic N) is 2. The van der Waals surface area contributed by atoms with E-state index in [0.29, 0.717) is 0 Å². The Morgan fingerprint density at radius 3 is 2.71 bits per heavy atom. The maximum Gasteiger partial charge on any atom is 0.471 e. The molecule has 0 fully saturated rings. The number of hydrogen-bond donors (Lipinski definition) is 1. The average Bonchev–Trinajstić information content (AvgIpc) is 2.14. The lowest BCUT2D eigenvalue weighted by Gasteiger charge is -2.06. The zero-order chi connectivity index (χ0) is 10.6. The Balaban J connectivity index is 2.46. The minimum atomic E-state index is -4.86. The van der Waals surface area contributed by atoms with Crippen LogP contribution in [0.1, 0.15) is 5.69 Å². The second kappa shape index (κ2) is 4.03. The molecule has 0 aliphatic heterocycles. The number of hydrogen-bond acceptors (Lipinski definition) is 3. The number of nitrogens with one attached hydrogen (secondary N) is 1. The van der Waals surface area contributed by atoms with Crippen LogP contribution in [0, 0.1) is 0 Å². The van der Waals surface area contributed by atoms with Gasteiger partial charge in [0.25, 0.3) is 0 Å². The zero-order valence-corrected chi connectivity index (χ0v) is 6.88. The minimum Gasteiger partial charge on any atom is -0.343 e. The van der Waals surface area contributed by atoms with Gasteiger partial charge in [0.05, 0.1) is 12.2 Å². The lowest BCUT2D eigenvalue weighted by atomic mass is 10.4. The molecule has 4 nitrogen and oxygen atoms in total. The second-order valence-corrected chi connectivity index (χ2v) is 2.40. The fraction of sp³-hybridized carbons (Fsp3) is 0.286. The van der Waals surface area contributed by atoms with Crippen LogP contribution in [0.15, 0.2) is 18.3 Å². The normalized spacial score (nSPS) is 11.1. The van der Waals surface area contributed by atoms with E-state index in [9.17, 15) is 18.0 Å². The number of rotatable bonds is 2. The lowest BCUT2D eigenvalue weighted by Crippen LogP contribution is -2.36. The monoisotopic (exact) mass is 205 g/mol. The van der Waals surface area contributed by atoms with Crippen molar-refractivity contribution < 1.29 is 18.0 Å². The van der Waals surface area contributed by atoms with Crippen molar-refractivity contribution in [3.05, 3.63) is 24.0 Å². The molecule has 76 valence electrons. The summed E-state index contributed by atoms with van der Waals surface area (Å²) in [5, 5.41) is 8.62. The van der Waals surface area contributed by atoms with E-state index in [2.05, 4.69) is 10.2 Å². The quantitative estimate of drug-likeness (QED) is 0.771. The molecule has 1 heterocycles. The molecule has 1 rings (SSSR count). The number of carbonyl (C=O) groups excluding carboxylic acids is 1. The van der Waals surface area contributed by atoms with Crippen LogP contribution in [0.2, 0.25) is 0 Å². The maximum absolute atomic E-state index is 11.7. The predicted octanol–water partition coefficient (Wildman–Crippen LogP) is 0.655. The summed E-state index contributed by atoms with van der Waals surface area (Å²) in [5.41, 5.74) is 0.269.